The highest BCUT2D eigenvalue weighted by molar-refractivity contribution is 5.99. The van der Waals surface area contributed by atoms with Crippen LogP contribution in [0.3, 0.4) is 0 Å². The maximum absolute atomic E-state index is 14.7. The van der Waals surface area contributed by atoms with Gasteiger partial charge in [-0.1, -0.05) is 31.4 Å². The number of benzene rings is 2. The molecule has 0 radical (unpaired) electrons. The van der Waals surface area contributed by atoms with Crippen LogP contribution in [0.4, 0.5) is 20.2 Å². The number of halogens is 2. The number of amides is 1. The fraction of sp³-hybridized carbons (Fsp3) is 0.435. The molecule has 0 unspecified atom stereocenters. The van der Waals surface area contributed by atoms with E-state index in [9.17, 15) is 13.6 Å². The molecule has 0 atom stereocenters. The van der Waals surface area contributed by atoms with E-state index < -0.39 is 5.41 Å². The summed E-state index contributed by atoms with van der Waals surface area (Å²) in [5, 5.41) is 2.90. The summed E-state index contributed by atoms with van der Waals surface area (Å²) in [6.07, 6.45) is 4.21. The number of hydrogen-bond acceptors (Lipinski definition) is 3. The van der Waals surface area contributed by atoms with Crippen LogP contribution >= 0.6 is 0 Å². The number of anilines is 2. The van der Waals surface area contributed by atoms with Crippen LogP contribution in [-0.4, -0.2) is 32.2 Å². The molecule has 2 aromatic carbocycles. The number of hydrogen-bond donors (Lipinski definition) is 1. The van der Waals surface area contributed by atoms with Gasteiger partial charge in [0.2, 0.25) is 5.91 Å². The van der Waals surface area contributed by atoms with Gasteiger partial charge in [0.15, 0.2) is 0 Å². The molecule has 2 aliphatic rings. The molecule has 1 heterocycles. The zero-order valence-electron chi connectivity index (χ0n) is 16.4. The van der Waals surface area contributed by atoms with Gasteiger partial charge in [0, 0.05) is 18.8 Å². The van der Waals surface area contributed by atoms with Crippen LogP contribution in [0.25, 0.3) is 0 Å². The lowest BCUT2D eigenvalue weighted by Crippen LogP contribution is -2.42. The molecule has 1 aliphatic carbocycles. The second-order valence-electron chi connectivity index (χ2n) is 7.87. The van der Waals surface area contributed by atoms with E-state index in [1.54, 1.807) is 18.2 Å². The Hall–Kier alpha value is -2.47. The molecule has 1 amide bonds. The van der Waals surface area contributed by atoms with Crippen LogP contribution in [0.5, 0.6) is 0 Å². The van der Waals surface area contributed by atoms with E-state index >= 15 is 0 Å². The van der Waals surface area contributed by atoms with Gasteiger partial charge >= 0.3 is 0 Å². The zero-order chi connectivity index (χ0) is 20.3. The second-order valence-corrected chi connectivity index (χ2v) is 7.87. The predicted octanol–water partition coefficient (Wildman–Crippen LogP) is 4.64. The van der Waals surface area contributed by atoms with Crippen molar-refractivity contribution in [1.82, 2.24) is 0 Å². The van der Waals surface area contributed by atoms with Crippen LogP contribution in [-0.2, 0) is 14.9 Å². The van der Waals surface area contributed by atoms with Crippen molar-refractivity contribution in [2.24, 2.45) is 0 Å². The Balaban J connectivity index is 1.57. The zero-order valence-corrected chi connectivity index (χ0v) is 16.4. The lowest BCUT2D eigenvalue weighted by molar-refractivity contribution is -0.122. The highest BCUT2D eigenvalue weighted by Crippen LogP contribution is 2.41. The van der Waals surface area contributed by atoms with Crippen molar-refractivity contribution in [3.8, 4) is 0 Å². The summed E-state index contributed by atoms with van der Waals surface area (Å²) in [4.78, 5) is 15.3. The molecule has 2 fully saturated rings. The first-order valence-corrected chi connectivity index (χ1v) is 10.3. The number of carbonyl (C=O) groups is 1. The number of carbonyl (C=O) groups excluding carboxylic acids is 1. The van der Waals surface area contributed by atoms with Crippen molar-refractivity contribution in [1.29, 1.82) is 0 Å². The minimum absolute atomic E-state index is 0.193. The Labute approximate surface area is 169 Å². The molecule has 2 aromatic rings. The topological polar surface area (TPSA) is 41.6 Å². The predicted molar refractivity (Wildman–Crippen MR) is 109 cm³/mol. The van der Waals surface area contributed by atoms with E-state index in [2.05, 4.69) is 5.32 Å². The van der Waals surface area contributed by atoms with Gasteiger partial charge in [-0.15, -0.1) is 0 Å². The van der Waals surface area contributed by atoms with Crippen LogP contribution < -0.4 is 10.2 Å². The van der Waals surface area contributed by atoms with Crippen molar-refractivity contribution in [2.75, 3.05) is 36.5 Å². The molecular weight excluding hydrogens is 374 g/mol. The molecule has 4 nitrogen and oxygen atoms in total. The molecule has 29 heavy (non-hydrogen) atoms. The quantitative estimate of drug-likeness (QED) is 0.813. The maximum atomic E-state index is 14.7. The van der Waals surface area contributed by atoms with Gasteiger partial charge in [0.1, 0.15) is 11.6 Å². The number of nitrogens with one attached hydrogen (secondary N) is 1. The van der Waals surface area contributed by atoms with E-state index in [4.69, 9.17) is 4.74 Å². The first-order valence-electron chi connectivity index (χ1n) is 10.3. The Morgan fingerprint density at radius 3 is 2.45 bits per heavy atom. The van der Waals surface area contributed by atoms with E-state index in [1.807, 2.05) is 11.0 Å². The maximum Gasteiger partial charge on any atom is 0.235 e. The Morgan fingerprint density at radius 1 is 1.00 bits per heavy atom. The molecule has 0 spiro atoms. The van der Waals surface area contributed by atoms with E-state index in [1.165, 1.54) is 18.2 Å². The highest BCUT2D eigenvalue weighted by atomic mass is 19.1. The Morgan fingerprint density at radius 2 is 1.76 bits per heavy atom. The van der Waals surface area contributed by atoms with Gasteiger partial charge in [-0.05, 0) is 48.7 Å². The number of nitrogens with zero attached hydrogens (tertiary/aromatic N) is 1. The average molecular weight is 400 g/mol. The van der Waals surface area contributed by atoms with Crippen molar-refractivity contribution >= 4 is 17.3 Å². The largest absolute Gasteiger partial charge is 0.378 e. The van der Waals surface area contributed by atoms with Crippen molar-refractivity contribution in [3.05, 3.63) is 59.7 Å². The average Bonchev–Trinajstić information content (AvgIpc) is 2.75. The molecule has 0 aromatic heterocycles. The number of rotatable bonds is 4. The molecule has 1 N–H and O–H groups in total. The molecule has 1 saturated carbocycles. The van der Waals surface area contributed by atoms with E-state index in [0.29, 0.717) is 56.1 Å². The first-order chi connectivity index (χ1) is 14.1. The molecular formula is C23H26F2N2O2. The van der Waals surface area contributed by atoms with Gasteiger partial charge in [-0.25, -0.2) is 8.78 Å². The third-order valence-electron chi connectivity index (χ3n) is 6.08. The van der Waals surface area contributed by atoms with Gasteiger partial charge in [-0.3, -0.25) is 4.79 Å². The van der Waals surface area contributed by atoms with Crippen molar-refractivity contribution in [3.63, 3.8) is 0 Å². The molecule has 1 saturated heterocycles. The van der Waals surface area contributed by atoms with Gasteiger partial charge in [0.25, 0.3) is 0 Å². The Kier molecular flexibility index (Phi) is 5.81. The second kappa shape index (κ2) is 8.49. The molecule has 6 heteroatoms. The minimum Gasteiger partial charge on any atom is -0.378 e. The molecule has 154 valence electrons. The normalized spacial score (nSPS) is 19.0. The van der Waals surface area contributed by atoms with Gasteiger partial charge in [-0.2, -0.15) is 0 Å². The summed E-state index contributed by atoms with van der Waals surface area (Å²) in [6, 6.07) is 11.1. The summed E-state index contributed by atoms with van der Waals surface area (Å²) in [5.41, 5.74) is 0.856. The third kappa shape index (κ3) is 4.13. The summed E-state index contributed by atoms with van der Waals surface area (Å²) < 4.78 is 33.9. The standard InChI is InChI=1S/C23H26F2N2O2/c24-18-6-4-5-17(15-18)23(9-2-1-3-10-23)22(28)26-19-7-8-21(20(25)16-19)27-11-13-29-14-12-27/h4-8,15-16H,1-3,9-14H2,(H,26,28). The fourth-order valence-corrected chi connectivity index (χ4v) is 4.48. The lowest BCUT2D eigenvalue weighted by atomic mass is 9.68. The van der Waals surface area contributed by atoms with Crippen LogP contribution in [0, 0.1) is 11.6 Å². The highest BCUT2D eigenvalue weighted by Gasteiger charge is 2.41. The monoisotopic (exact) mass is 400 g/mol. The fourth-order valence-electron chi connectivity index (χ4n) is 4.48. The summed E-state index contributed by atoms with van der Waals surface area (Å²) >= 11 is 0. The van der Waals surface area contributed by atoms with Crippen molar-refractivity contribution in [2.45, 2.75) is 37.5 Å². The van der Waals surface area contributed by atoms with E-state index in [-0.39, 0.29) is 17.5 Å². The smallest absolute Gasteiger partial charge is 0.235 e. The summed E-state index contributed by atoms with van der Waals surface area (Å²) in [5.74, 6) is -0.907. The Bertz CT molecular complexity index is 875. The number of ether oxygens (including phenoxy) is 1. The summed E-state index contributed by atoms with van der Waals surface area (Å²) in [6.45, 7) is 2.44. The van der Waals surface area contributed by atoms with E-state index in [0.717, 1.165) is 19.3 Å². The lowest BCUT2D eigenvalue weighted by Gasteiger charge is -2.36. The first kappa shape index (κ1) is 19.8. The van der Waals surface area contributed by atoms with Crippen molar-refractivity contribution < 1.29 is 18.3 Å². The van der Waals surface area contributed by atoms with Crippen LogP contribution in [0.1, 0.15) is 37.7 Å². The number of morpholine rings is 1. The van der Waals surface area contributed by atoms with Crippen LogP contribution in [0.15, 0.2) is 42.5 Å². The SMILES string of the molecule is O=C(Nc1ccc(N2CCOCC2)c(F)c1)C1(c2cccc(F)c2)CCCCC1. The third-order valence-corrected chi connectivity index (χ3v) is 6.08. The molecule has 1 aliphatic heterocycles. The molecule has 4 rings (SSSR count). The molecule has 0 bridgehead atoms. The van der Waals surface area contributed by atoms with Gasteiger partial charge < -0.3 is 15.0 Å². The summed E-state index contributed by atoms with van der Waals surface area (Å²) in [7, 11) is 0. The van der Waals surface area contributed by atoms with Gasteiger partial charge in [0.05, 0.1) is 24.3 Å². The minimum atomic E-state index is -0.778. The van der Waals surface area contributed by atoms with Crippen LogP contribution in [0.2, 0.25) is 0 Å².